The largest absolute Gasteiger partial charge is 0.455 e. The van der Waals surface area contributed by atoms with Crippen molar-refractivity contribution in [1.82, 2.24) is 10.3 Å². The van der Waals surface area contributed by atoms with Gasteiger partial charge in [0.15, 0.2) is 0 Å². The molecule has 21 heavy (non-hydrogen) atoms. The number of hydrogen-bond donors (Lipinski definition) is 1. The number of aryl methyl sites for hydroxylation is 1. The first-order valence-electron chi connectivity index (χ1n) is 7.27. The zero-order valence-corrected chi connectivity index (χ0v) is 13.5. The monoisotopic (exact) mass is 284 g/mol. The van der Waals surface area contributed by atoms with E-state index >= 15 is 0 Å². The summed E-state index contributed by atoms with van der Waals surface area (Å²) in [5.74, 6) is 1.65. The van der Waals surface area contributed by atoms with Crippen molar-refractivity contribution in [3.8, 4) is 11.5 Å². The fourth-order valence-corrected chi connectivity index (χ4v) is 2.18. The number of nitrogens with one attached hydrogen (secondary N) is 1. The van der Waals surface area contributed by atoms with Crippen LogP contribution < -0.4 is 10.1 Å². The Bertz CT molecular complexity index is 615. The maximum atomic E-state index is 5.97. The van der Waals surface area contributed by atoms with Crippen LogP contribution in [0.25, 0.3) is 0 Å². The highest BCUT2D eigenvalue weighted by atomic mass is 16.5. The van der Waals surface area contributed by atoms with Crippen LogP contribution in [0.5, 0.6) is 11.5 Å². The van der Waals surface area contributed by atoms with Crippen LogP contribution in [0.3, 0.4) is 0 Å². The molecule has 0 bridgehead atoms. The quantitative estimate of drug-likeness (QED) is 0.913. The minimum absolute atomic E-state index is 0.150. The minimum Gasteiger partial charge on any atom is -0.455 e. The van der Waals surface area contributed by atoms with Crippen molar-refractivity contribution in [3.63, 3.8) is 0 Å². The maximum Gasteiger partial charge on any atom is 0.146 e. The molecule has 0 saturated heterocycles. The van der Waals surface area contributed by atoms with Gasteiger partial charge in [0.2, 0.25) is 0 Å². The van der Waals surface area contributed by atoms with Gasteiger partial charge in [-0.1, -0.05) is 32.9 Å². The van der Waals surface area contributed by atoms with Crippen molar-refractivity contribution in [2.45, 2.75) is 39.7 Å². The Balaban J connectivity index is 2.22. The normalized spacial score (nSPS) is 11.5. The molecule has 1 N–H and O–H groups in total. The third-order valence-corrected chi connectivity index (χ3v) is 3.42. The highest BCUT2D eigenvalue weighted by Crippen LogP contribution is 2.30. The Morgan fingerprint density at radius 2 is 1.90 bits per heavy atom. The lowest BCUT2D eigenvalue weighted by atomic mass is 9.86. The second-order valence-electron chi connectivity index (χ2n) is 6.39. The lowest BCUT2D eigenvalue weighted by Gasteiger charge is -2.20. The number of benzene rings is 1. The van der Waals surface area contributed by atoms with Crippen LogP contribution in [0.2, 0.25) is 0 Å². The molecule has 0 atom stereocenters. The van der Waals surface area contributed by atoms with Crippen LogP contribution >= 0.6 is 0 Å². The van der Waals surface area contributed by atoms with Crippen molar-refractivity contribution < 1.29 is 4.74 Å². The molecule has 0 unspecified atom stereocenters. The number of pyridine rings is 1. The Hall–Kier alpha value is -1.87. The van der Waals surface area contributed by atoms with E-state index in [9.17, 15) is 0 Å². The van der Waals surface area contributed by atoms with E-state index < -0.39 is 0 Å². The molecule has 1 aromatic carbocycles. The molecule has 112 valence electrons. The van der Waals surface area contributed by atoms with Crippen molar-refractivity contribution in [1.29, 1.82) is 0 Å². The van der Waals surface area contributed by atoms with Gasteiger partial charge in [-0.15, -0.1) is 0 Å². The summed E-state index contributed by atoms with van der Waals surface area (Å²) in [5.41, 5.74) is 3.72. The third-order valence-electron chi connectivity index (χ3n) is 3.42. The third kappa shape index (κ3) is 4.05. The first kappa shape index (κ1) is 15.5. The van der Waals surface area contributed by atoms with Crippen LogP contribution in [0.15, 0.2) is 36.7 Å². The number of aromatic nitrogens is 1. The minimum atomic E-state index is 0.150. The van der Waals surface area contributed by atoms with Gasteiger partial charge in [-0.2, -0.15) is 0 Å². The molecule has 1 aromatic heterocycles. The molecule has 2 rings (SSSR count). The van der Waals surface area contributed by atoms with Gasteiger partial charge in [-0.25, -0.2) is 0 Å². The molecule has 0 fully saturated rings. The molecular formula is C18H24N2O. The van der Waals surface area contributed by atoms with Gasteiger partial charge in [0.05, 0.1) is 6.20 Å². The van der Waals surface area contributed by atoms with E-state index in [0.29, 0.717) is 0 Å². The van der Waals surface area contributed by atoms with E-state index in [4.69, 9.17) is 4.74 Å². The van der Waals surface area contributed by atoms with Crippen LogP contribution in [0, 0.1) is 6.92 Å². The first-order valence-corrected chi connectivity index (χ1v) is 7.27. The Kier molecular flexibility index (Phi) is 4.63. The van der Waals surface area contributed by atoms with Crippen LogP contribution in [-0.2, 0) is 12.0 Å². The number of hydrogen-bond acceptors (Lipinski definition) is 3. The number of rotatable bonds is 4. The molecule has 3 heteroatoms. The average Bonchev–Trinajstić information content (AvgIpc) is 2.41. The highest BCUT2D eigenvalue weighted by Gasteiger charge is 2.15. The van der Waals surface area contributed by atoms with E-state index in [2.05, 4.69) is 50.1 Å². The van der Waals surface area contributed by atoms with E-state index in [-0.39, 0.29) is 5.41 Å². The first-order chi connectivity index (χ1) is 9.90. The number of ether oxygens (including phenoxy) is 1. The van der Waals surface area contributed by atoms with E-state index in [0.717, 1.165) is 29.2 Å². The van der Waals surface area contributed by atoms with Gasteiger partial charge in [0.1, 0.15) is 11.5 Å². The predicted octanol–water partition coefficient (Wildman–Crippen LogP) is 4.20. The average molecular weight is 284 g/mol. The van der Waals surface area contributed by atoms with Crippen molar-refractivity contribution >= 4 is 0 Å². The molecule has 0 amide bonds. The van der Waals surface area contributed by atoms with Crippen LogP contribution in [0.1, 0.15) is 37.5 Å². The van der Waals surface area contributed by atoms with Gasteiger partial charge in [-0.05, 0) is 48.2 Å². The molecule has 0 radical (unpaired) electrons. The SMILES string of the molecule is CNCc1cncc(Oc2ccc(C(C)(C)C)cc2C)c1. The molecule has 0 spiro atoms. The molecule has 0 aliphatic carbocycles. The van der Waals surface area contributed by atoms with Gasteiger partial charge in [0, 0.05) is 12.7 Å². The predicted molar refractivity (Wildman–Crippen MR) is 87.0 cm³/mol. The molecular weight excluding hydrogens is 260 g/mol. The van der Waals surface area contributed by atoms with Crippen LogP contribution in [-0.4, -0.2) is 12.0 Å². The van der Waals surface area contributed by atoms with E-state index in [1.807, 2.05) is 25.4 Å². The van der Waals surface area contributed by atoms with E-state index in [1.54, 1.807) is 6.20 Å². The molecule has 2 aromatic rings. The van der Waals surface area contributed by atoms with Gasteiger partial charge < -0.3 is 10.1 Å². The summed E-state index contributed by atoms with van der Waals surface area (Å²) in [5, 5.41) is 3.11. The fraction of sp³-hybridized carbons (Fsp3) is 0.389. The Morgan fingerprint density at radius 3 is 2.52 bits per heavy atom. The Morgan fingerprint density at radius 1 is 1.14 bits per heavy atom. The fourth-order valence-electron chi connectivity index (χ4n) is 2.18. The summed E-state index contributed by atoms with van der Waals surface area (Å²) in [6.07, 6.45) is 3.59. The maximum absolute atomic E-state index is 5.97. The molecule has 1 heterocycles. The summed E-state index contributed by atoms with van der Waals surface area (Å²) < 4.78 is 5.97. The van der Waals surface area contributed by atoms with Gasteiger partial charge in [0.25, 0.3) is 0 Å². The summed E-state index contributed by atoms with van der Waals surface area (Å²) in [7, 11) is 1.92. The van der Waals surface area contributed by atoms with Crippen LogP contribution in [0.4, 0.5) is 0 Å². The highest BCUT2D eigenvalue weighted by molar-refractivity contribution is 5.41. The van der Waals surface area contributed by atoms with Crippen molar-refractivity contribution in [3.05, 3.63) is 53.3 Å². The van der Waals surface area contributed by atoms with Crippen molar-refractivity contribution in [2.24, 2.45) is 0 Å². The lowest BCUT2D eigenvalue weighted by molar-refractivity contribution is 0.474. The van der Waals surface area contributed by atoms with Gasteiger partial charge in [-0.3, -0.25) is 4.98 Å². The summed E-state index contributed by atoms with van der Waals surface area (Å²) in [6.45, 7) is 9.51. The smallest absolute Gasteiger partial charge is 0.146 e. The Labute approximate surface area is 127 Å². The summed E-state index contributed by atoms with van der Waals surface area (Å²) >= 11 is 0. The van der Waals surface area contributed by atoms with Gasteiger partial charge >= 0.3 is 0 Å². The molecule has 3 nitrogen and oxygen atoms in total. The zero-order chi connectivity index (χ0) is 15.5. The summed E-state index contributed by atoms with van der Waals surface area (Å²) in [6, 6.07) is 8.38. The standard InChI is InChI=1S/C18H24N2O/c1-13-8-15(18(2,3)4)6-7-17(13)21-16-9-14(10-19-5)11-20-12-16/h6-9,11-12,19H,10H2,1-5H3. The second-order valence-corrected chi connectivity index (χ2v) is 6.39. The van der Waals surface area contributed by atoms with E-state index in [1.165, 1.54) is 5.56 Å². The lowest BCUT2D eigenvalue weighted by Crippen LogP contribution is -2.11. The molecule has 0 saturated carbocycles. The summed E-state index contributed by atoms with van der Waals surface area (Å²) in [4.78, 5) is 4.22. The molecule has 0 aliphatic rings. The second kappa shape index (κ2) is 6.27. The van der Waals surface area contributed by atoms with Crippen molar-refractivity contribution in [2.75, 3.05) is 7.05 Å². The zero-order valence-electron chi connectivity index (χ0n) is 13.5. The molecule has 0 aliphatic heterocycles. The topological polar surface area (TPSA) is 34.2 Å². The number of nitrogens with zero attached hydrogens (tertiary/aromatic N) is 1.